The van der Waals surface area contributed by atoms with Gasteiger partial charge in [0.25, 0.3) is 0 Å². The highest BCUT2D eigenvalue weighted by Gasteiger charge is 2.22. The predicted molar refractivity (Wildman–Crippen MR) is 65.4 cm³/mol. The lowest BCUT2D eigenvalue weighted by Gasteiger charge is -1.99. The topological polar surface area (TPSA) is 71.2 Å². The smallest absolute Gasteiger partial charge is 0.231 e. The lowest BCUT2D eigenvalue weighted by molar-refractivity contribution is 0.355. The fourth-order valence-electron chi connectivity index (χ4n) is 2.17. The lowest BCUT2D eigenvalue weighted by atomic mass is 10.1. The van der Waals surface area contributed by atoms with Gasteiger partial charge >= 0.3 is 0 Å². The van der Waals surface area contributed by atoms with Crippen LogP contribution < -0.4 is 5.32 Å². The van der Waals surface area contributed by atoms with Crippen molar-refractivity contribution in [1.82, 2.24) is 15.5 Å². The van der Waals surface area contributed by atoms with Crippen molar-refractivity contribution < 1.29 is 9.63 Å². The van der Waals surface area contributed by atoms with Gasteiger partial charge in [-0.25, -0.2) is 0 Å². The number of phenolic OH excluding ortho intramolecular Hbond substituents is 1. The lowest BCUT2D eigenvalue weighted by Crippen LogP contribution is -2.08. The van der Waals surface area contributed by atoms with Crippen LogP contribution in [0, 0.1) is 0 Å². The fraction of sp³-hybridized carbons (Fsp3) is 0.385. The Hall–Kier alpha value is -1.88. The van der Waals surface area contributed by atoms with E-state index in [2.05, 4.69) is 15.5 Å². The Kier molecular flexibility index (Phi) is 2.98. The van der Waals surface area contributed by atoms with Crippen molar-refractivity contribution in [1.29, 1.82) is 0 Å². The molecule has 5 nitrogen and oxygen atoms in total. The molecule has 2 heterocycles. The number of aromatic nitrogens is 2. The number of hydrogen-bond donors (Lipinski definition) is 2. The first kappa shape index (κ1) is 11.2. The normalized spacial score (nSPS) is 19.2. The third-order valence-electron chi connectivity index (χ3n) is 3.19. The number of nitrogens with zero attached hydrogens (tertiary/aromatic N) is 2. The minimum Gasteiger partial charge on any atom is -0.508 e. The zero-order valence-electron chi connectivity index (χ0n) is 9.97. The summed E-state index contributed by atoms with van der Waals surface area (Å²) in [5, 5.41) is 16.5. The van der Waals surface area contributed by atoms with Crippen molar-refractivity contribution in [2.24, 2.45) is 0 Å². The first-order valence-corrected chi connectivity index (χ1v) is 6.12. The zero-order chi connectivity index (χ0) is 12.4. The summed E-state index contributed by atoms with van der Waals surface area (Å²) >= 11 is 0. The molecular weight excluding hydrogens is 230 g/mol. The minimum absolute atomic E-state index is 0.268. The molecule has 3 rings (SSSR count). The Labute approximate surface area is 105 Å². The molecule has 1 unspecified atom stereocenters. The summed E-state index contributed by atoms with van der Waals surface area (Å²) < 4.78 is 5.29. The molecule has 5 heteroatoms. The van der Waals surface area contributed by atoms with E-state index in [0.717, 1.165) is 31.0 Å². The van der Waals surface area contributed by atoms with Gasteiger partial charge in [0, 0.05) is 13.0 Å². The van der Waals surface area contributed by atoms with Crippen molar-refractivity contribution in [2.75, 3.05) is 13.1 Å². The summed E-state index contributed by atoms with van der Waals surface area (Å²) in [4.78, 5) is 4.43. The Morgan fingerprint density at radius 3 is 2.89 bits per heavy atom. The molecule has 0 saturated carbocycles. The van der Waals surface area contributed by atoms with Gasteiger partial charge in [-0.3, -0.25) is 0 Å². The van der Waals surface area contributed by atoms with Gasteiger partial charge in [0.15, 0.2) is 5.82 Å². The third kappa shape index (κ3) is 2.36. The summed E-state index contributed by atoms with van der Waals surface area (Å²) in [5.41, 5.74) is 1.06. The minimum atomic E-state index is 0.268. The highest BCUT2D eigenvalue weighted by Crippen LogP contribution is 2.21. The molecule has 0 radical (unpaired) electrons. The van der Waals surface area contributed by atoms with E-state index in [4.69, 9.17) is 4.52 Å². The Morgan fingerprint density at radius 2 is 2.17 bits per heavy atom. The second-order valence-electron chi connectivity index (χ2n) is 4.58. The van der Waals surface area contributed by atoms with Crippen LogP contribution in [0.5, 0.6) is 5.75 Å². The number of benzene rings is 1. The molecular formula is C13H15N3O2. The third-order valence-corrected chi connectivity index (χ3v) is 3.19. The largest absolute Gasteiger partial charge is 0.508 e. The SMILES string of the molecule is Oc1ccc(Cc2noc(C3CCNC3)n2)cc1. The number of hydrogen-bond acceptors (Lipinski definition) is 5. The Morgan fingerprint density at radius 1 is 1.33 bits per heavy atom. The first-order valence-electron chi connectivity index (χ1n) is 6.12. The number of phenols is 1. The molecule has 0 amide bonds. The van der Waals surface area contributed by atoms with E-state index in [1.54, 1.807) is 12.1 Å². The summed E-state index contributed by atoms with van der Waals surface area (Å²) in [6.07, 6.45) is 1.69. The van der Waals surface area contributed by atoms with E-state index in [1.807, 2.05) is 12.1 Å². The van der Waals surface area contributed by atoms with Crippen LogP contribution in [0.1, 0.15) is 29.6 Å². The van der Waals surface area contributed by atoms with Crippen LogP contribution in [0.25, 0.3) is 0 Å². The van der Waals surface area contributed by atoms with Crippen LogP contribution in [-0.2, 0) is 6.42 Å². The molecule has 0 bridgehead atoms. The van der Waals surface area contributed by atoms with E-state index >= 15 is 0 Å². The van der Waals surface area contributed by atoms with Gasteiger partial charge in [0.1, 0.15) is 5.75 Å². The average molecular weight is 245 g/mol. The highest BCUT2D eigenvalue weighted by atomic mass is 16.5. The molecule has 0 aliphatic carbocycles. The first-order chi connectivity index (χ1) is 8.81. The molecule has 2 aromatic rings. The standard InChI is InChI=1S/C13H15N3O2/c17-11-3-1-9(2-4-11)7-12-15-13(18-16-12)10-5-6-14-8-10/h1-4,10,14,17H,5-8H2. The van der Waals surface area contributed by atoms with Gasteiger partial charge in [0.2, 0.25) is 5.89 Å². The van der Waals surface area contributed by atoms with Crippen LogP contribution in [0.15, 0.2) is 28.8 Å². The van der Waals surface area contributed by atoms with E-state index < -0.39 is 0 Å². The van der Waals surface area contributed by atoms with Crippen molar-refractivity contribution in [3.05, 3.63) is 41.5 Å². The van der Waals surface area contributed by atoms with Crippen molar-refractivity contribution in [3.63, 3.8) is 0 Å². The summed E-state index contributed by atoms with van der Waals surface area (Å²) in [6.45, 7) is 1.93. The molecule has 1 fully saturated rings. The van der Waals surface area contributed by atoms with E-state index in [0.29, 0.717) is 18.2 Å². The van der Waals surface area contributed by atoms with Gasteiger partial charge < -0.3 is 14.9 Å². The van der Waals surface area contributed by atoms with Gasteiger partial charge in [-0.2, -0.15) is 4.98 Å². The molecule has 2 N–H and O–H groups in total. The predicted octanol–water partition coefficient (Wildman–Crippen LogP) is 1.44. The molecule has 1 atom stereocenters. The second-order valence-corrected chi connectivity index (χ2v) is 4.58. The fourth-order valence-corrected chi connectivity index (χ4v) is 2.17. The summed E-state index contributed by atoms with van der Waals surface area (Å²) in [5.74, 6) is 2.05. The van der Waals surface area contributed by atoms with Crippen molar-refractivity contribution in [2.45, 2.75) is 18.8 Å². The van der Waals surface area contributed by atoms with Crippen LogP contribution in [-0.4, -0.2) is 28.3 Å². The van der Waals surface area contributed by atoms with E-state index in [1.165, 1.54) is 0 Å². The van der Waals surface area contributed by atoms with Crippen LogP contribution in [0.3, 0.4) is 0 Å². The maximum absolute atomic E-state index is 9.21. The zero-order valence-corrected chi connectivity index (χ0v) is 9.97. The Balaban J connectivity index is 1.71. The van der Waals surface area contributed by atoms with E-state index in [9.17, 15) is 5.11 Å². The van der Waals surface area contributed by atoms with Gasteiger partial charge in [0.05, 0.1) is 5.92 Å². The maximum Gasteiger partial charge on any atom is 0.231 e. The number of rotatable bonds is 3. The van der Waals surface area contributed by atoms with Crippen LogP contribution in [0.2, 0.25) is 0 Å². The molecule has 1 aliphatic heterocycles. The van der Waals surface area contributed by atoms with Crippen LogP contribution in [0.4, 0.5) is 0 Å². The quantitative estimate of drug-likeness (QED) is 0.856. The number of aromatic hydroxyl groups is 1. The van der Waals surface area contributed by atoms with Gasteiger partial charge in [-0.15, -0.1) is 0 Å². The monoisotopic (exact) mass is 245 g/mol. The van der Waals surface area contributed by atoms with Crippen molar-refractivity contribution >= 4 is 0 Å². The van der Waals surface area contributed by atoms with Crippen LogP contribution >= 0.6 is 0 Å². The van der Waals surface area contributed by atoms with Crippen molar-refractivity contribution in [3.8, 4) is 5.75 Å². The van der Waals surface area contributed by atoms with Gasteiger partial charge in [-0.05, 0) is 30.7 Å². The maximum atomic E-state index is 9.21. The summed E-state index contributed by atoms with van der Waals surface area (Å²) in [7, 11) is 0. The second kappa shape index (κ2) is 4.78. The van der Waals surface area contributed by atoms with E-state index in [-0.39, 0.29) is 5.75 Å². The molecule has 1 aromatic carbocycles. The molecule has 18 heavy (non-hydrogen) atoms. The van der Waals surface area contributed by atoms with Gasteiger partial charge in [-0.1, -0.05) is 17.3 Å². The summed E-state index contributed by atoms with van der Waals surface area (Å²) in [6, 6.07) is 7.05. The molecule has 94 valence electrons. The molecule has 0 spiro atoms. The molecule has 1 aliphatic rings. The average Bonchev–Trinajstić information content (AvgIpc) is 3.02. The highest BCUT2D eigenvalue weighted by molar-refractivity contribution is 5.27. The molecule has 1 saturated heterocycles. The number of nitrogens with one attached hydrogen (secondary N) is 1. The molecule has 1 aromatic heterocycles. The Bertz CT molecular complexity index is 515.